The molecule has 1 aliphatic rings. The van der Waals surface area contributed by atoms with Crippen molar-refractivity contribution < 1.29 is 4.79 Å². The second kappa shape index (κ2) is 6.14. The first-order chi connectivity index (χ1) is 9.81. The summed E-state index contributed by atoms with van der Waals surface area (Å²) in [4.78, 5) is 19.4. The van der Waals surface area contributed by atoms with Crippen LogP contribution in [0.5, 0.6) is 0 Å². The lowest BCUT2D eigenvalue weighted by Gasteiger charge is -2.41. The number of aromatic nitrogens is 1. The van der Waals surface area contributed by atoms with Gasteiger partial charge in [-0.1, -0.05) is 6.07 Å². The summed E-state index contributed by atoms with van der Waals surface area (Å²) in [7, 11) is 0. The molecule has 0 spiro atoms. The fraction of sp³-hybridized carbons (Fsp3) is 0.647. The smallest absolute Gasteiger partial charge is 0.270 e. The summed E-state index contributed by atoms with van der Waals surface area (Å²) in [5.74, 6) is -0.0447. The molecule has 1 aromatic rings. The number of pyridine rings is 1. The second-order valence-electron chi connectivity index (χ2n) is 6.76. The van der Waals surface area contributed by atoms with Gasteiger partial charge in [-0.3, -0.25) is 4.79 Å². The van der Waals surface area contributed by atoms with Crippen LogP contribution in [0.25, 0.3) is 0 Å². The monoisotopic (exact) mass is 289 g/mol. The van der Waals surface area contributed by atoms with Crippen LogP contribution < -0.4 is 5.32 Å². The zero-order valence-electron chi connectivity index (χ0n) is 13.9. The third kappa shape index (κ3) is 3.82. The lowest BCUT2D eigenvalue weighted by molar-refractivity contribution is 0.0796. The van der Waals surface area contributed by atoms with Crippen molar-refractivity contribution in [2.75, 3.05) is 13.1 Å². The van der Waals surface area contributed by atoms with Crippen molar-refractivity contribution in [1.82, 2.24) is 15.2 Å². The molecule has 4 nitrogen and oxygen atoms in total. The summed E-state index contributed by atoms with van der Waals surface area (Å²) in [6, 6.07) is 4.47. The maximum atomic E-state index is 12.5. The molecular weight excluding hydrogens is 262 g/mol. The molecule has 2 rings (SSSR count). The molecule has 1 aliphatic heterocycles. The van der Waals surface area contributed by atoms with Gasteiger partial charge in [0.2, 0.25) is 0 Å². The van der Waals surface area contributed by atoms with E-state index in [-0.39, 0.29) is 11.4 Å². The van der Waals surface area contributed by atoms with Crippen LogP contribution in [0, 0.1) is 13.8 Å². The highest BCUT2D eigenvalue weighted by Gasteiger charge is 2.32. The highest BCUT2D eigenvalue weighted by atomic mass is 16.2. The molecule has 1 N–H and O–H groups in total. The Morgan fingerprint density at radius 2 is 1.90 bits per heavy atom. The largest absolute Gasteiger partial charge is 0.345 e. The van der Waals surface area contributed by atoms with Gasteiger partial charge in [-0.2, -0.15) is 0 Å². The number of carbonyl (C=O) groups excluding carboxylic acids is 1. The van der Waals surface area contributed by atoms with Crippen LogP contribution in [0.1, 0.15) is 55.4 Å². The van der Waals surface area contributed by atoms with Gasteiger partial charge in [0.15, 0.2) is 0 Å². The summed E-state index contributed by atoms with van der Waals surface area (Å²) in [5.41, 5.74) is 2.25. The SMILES string of the molecule is Cc1ccc(C)c(C(=O)NC2(C)CCN(C(C)C)CC2)n1. The molecule has 1 fully saturated rings. The molecule has 1 saturated heterocycles. The van der Waals surface area contributed by atoms with Crippen molar-refractivity contribution in [3.8, 4) is 0 Å². The van der Waals surface area contributed by atoms with Gasteiger partial charge in [-0.25, -0.2) is 4.98 Å². The molecule has 0 unspecified atom stereocenters. The van der Waals surface area contributed by atoms with E-state index >= 15 is 0 Å². The molecule has 116 valence electrons. The van der Waals surface area contributed by atoms with E-state index in [1.54, 1.807) is 0 Å². The molecule has 4 heteroatoms. The third-order valence-electron chi connectivity index (χ3n) is 4.50. The minimum Gasteiger partial charge on any atom is -0.345 e. The van der Waals surface area contributed by atoms with Gasteiger partial charge in [-0.15, -0.1) is 0 Å². The van der Waals surface area contributed by atoms with E-state index in [4.69, 9.17) is 0 Å². The first-order valence-electron chi connectivity index (χ1n) is 7.81. The van der Waals surface area contributed by atoms with Crippen molar-refractivity contribution in [2.45, 2.75) is 59.0 Å². The molecule has 1 amide bonds. The zero-order chi connectivity index (χ0) is 15.6. The van der Waals surface area contributed by atoms with Crippen molar-refractivity contribution in [2.24, 2.45) is 0 Å². The molecule has 1 aromatic heterocycles. The quantitative estimate of drug-likeness (QED) is 0.930. The Bertz CT molecular complexity index is 517. The molecular formula is C17H27N3O. The summed E-state index contributed by atoms with van der Waals surface area (Å²) >= 11 is 0. The van der Waals surface area contributed by atoms with Crippen molar-refractivity contribution >= 4 is 5.91 Å². The molecule has 0 atom stereocenters. The molecule has 0 aromatic carbocycles. The fourth-order valence-corrected chi connectivity index (χ4v) is 2.85. The van der Waals surface area contributed by atoms with Gasteiger partial charge in [-0.05, 0) is 59.1 Å². The van der Waals surface area contributed by atoms with Gasteiger partial charge in [0, 0.05) is 30.4 Å². The molecule has 2 heterocycles. The maximum absolute atomic E-state index is 12.5. The molecule has 0 aliphatic carbocycles. The van der Waals surface area contributed by atoms with E-state index in [1.165, 1.54) is 0 Å². The number of piperidine rings is 1. The van der Waals surface area contributed by atoms with Crippen molar-refractivity contribution in [3.63, 3.8) is 0 Å². The number of aryl methyl sites for hydroxylation is 2. The van der Waals surface area contributed by atoms with E-state index in [0.29, 0.717) is 11.7 Å². The highest BCUT2D eigenvalue weighted by Crippen LogP contribution is 2.23. The summed E-state index contributed by atoms with van der Waals surface area (Å²) < 4.78 is 0. The predicted molar refractivity (Wildman–Crippen MR) is 85.5 cm³/mol. The van der Waals surface area contributed by atoms with E-state index in [0.717, 1.165) is 37.2 Å². The highest BCUT2D eigenvalue weighted by molar-refractivity contribution is 5.94. The third-order valence-corrected chi connectivity index (χ3v) is 4.50. The number of hydrogen-bond donors (Lipinski definition) is 1. The van der Waals surface area contributed by atoms with Crippen LogP contribution in [0.4, 0.5) is 0 Å². The van der Waals surface area contributed by atoms with E-state index in [9.17, 15) is 4.79 Å². The standard InChI is InChI=1S/C17H27N3O/c1-12(2)20-10-8-17(5,9-11-20)19-16(21)15-13(3)6-7-14(4)18-15/h6-7,12H,8-11H2,1-5H3,(H,19,21). The Balaban J connectivity index is 2.04. The van der Waals surface area contributed by atoms with Gasteiger partial charge in [0.1, 0.15) is 5.69 Å². The summed E-state index contributed by atoms with van der Waals surface area (Å²) in [5, 5.41) is 3.21. The van der Waals surface area contributed by atoms with Crippen molar-refractivity contribution in [1.29, 1.82) is 0 Å². The van der Waals surface area contributed by atoms with Crippen LogP contribution in [0.2, 0.25) is 0 Å². The first kappa shape index (κ1) is 16.0. The summed E-state index contributed by atoms with van der Waals surface area (Å²) in [6.45, 7) is 12.5. The van der Waals surface area contributed by atoms with Crippen LogP contribution in [0.3, 0.4) is 0 Å². The maximum Gasteiger partial charge on any atom is 0.270 e. The Morgan fingerprint density at radius 1 is 1.29 bits per heavy atom. The number of nitrogens with zero attached hydrogens (tertiary/aromatic N) is 2. The number of amides is 1. The first-order valence-corrected chi connectivity index (χ1v) is 7.81. The average Bonchev–Trinajstić information content (AvgIpc) is 2.41. The Kier molecular flexibility index (Phi) is 4.67. The van der Waals surface area contributed by atoms with Gasteiger partial charge >= 0.3 is 0 Å². The number of hydrogen-bond acceptors (Lipinski definition) is 3. The number of rotatable bonds is 3. The number of nitrogens with one attached hydrogen (secondary N) is 1. The van der Waals surface area contributed by atoms with E-state index in [1.807, 2.05) is 26.0 Å². The topological polar surface area (TPSA) is 45.2 Å². The minimum atomic E-state index is -0.125. The number of likely N-dealkylation sites (tertiary alicyclic amines) is 1. The Hall–Kier alpha value is -1.42. The van der Waals surface area contributed by atoms with Crippen molar-refractivity contribution in [3.05, 3.63) is 29.1 Å². The molecule has 0 saturated carbocycles. The van der Waals surface area contributed by atoms with Gasteiger partial charge in [0.05, 0.1) is 0 Å². The van der Waals surface area contributed by atoms with E-state index in [2.05, 4.69) is 36.0 Å². The Morgan fingerprint density at radius 3 is 2.48 bits per heavy atom. The fourth-order valence-electron chi connectivity index (χ4n) is 2.85. The minimum absolute atomic E-state index is 0.0447. The average molecular weight is 289 g/mol. The number of carbonyl (C=O) groups is 1. The molecule has 21 heavy (non-hydrogen) atoms. The van der Waals surface area contributed by atoms with Crippen LogP contribution in [-0.2, 0) is 0 Å². The van der Waals surface area contributed by atoms with Gasteiger partial charge in [0.25, 0.3) is 5.91 Å². The second-order valence-corrected chi connectivity index (χ2v) is 6.76. The van der Waals surface area contributed by atoms with Crippen LogP contribution >= 0.6 is 0 Å². The van der Waals surface area contributed by atoms with Crippen LogP contribution in [-0.4, -0.2) is 40.5 Å². The normalized spacial score (nSPS) is 18.8. The predicted octanol–water partition coefficient (Wildman–Crippen LogP) is 2.69. The molecule has 0 bridgehead atoms. The lowest BCUT2D eigenvalue weighted by atomic mass is 9.88. The zero-order valence-corrected chi connectivity index (χ0v) is 13.9. The van der Waals surface area contributed by atoms with E-state index < -0.39 is 0 Å². The van der Waals surface area contributed by atoms with Crippen LogP contribution in [0.15, 0.2) is 12.1 Å². The summed E-state index contributed by atoms with van der Waals surface area (Å²) in [6.07, 6.45) is 1.98. The molecule has 0 radical (unpaired) electrons. The van der Waals surface area contributed by atoms with Gasteiger partial charge < -0.3 is 10.2 Å². The lowest BCUT2D eigenvalue weighted by Crippen LogP contribution is -2.54. The Labute approximate surface area is 127 Å².